The summed E-state index contributed by atoms with van der Waals surface area (Å²) in [6.45, 7) is 1.02. The quantitative estimate of drug-likeness (QED) is 0.712. The zero-order chi connectivity index (χ0) is 15.2. The van der Waals surface area contributed by atoms with Crippen LogP contribution < -0.4 is 10.6 Å². The van der Waals surface area contributed by atoms with Gasteiger partial charge in [-0.3, -0.25) is 19.8 Å². The van der Waals surface area contributed by atoms with Crippen LogP contribution in [0, 0.1) is 5.92 Å². The molecule has 3 N–H and O–H groups in total. The first-order valence-corrected chi connectivity index (χ1v) is 7.60. The van der Waals surface area contributed by atoms with E-state index in [1.807, 2.05) is 0 Å². The Kier molecular flexibility index (Phi) is 7.61. The Labute approximate surface area is 136 Å². The molecule has 2 fully saturated rings. The fourth-order valence-corrected chi connectivity index (χ4v) is 3.02. The monoisotopic (exact) mass is 333 g/mol. The standard InChI is InChI=1S/C14H23N3O4.ClH/c18-12(9-17-7-6-10(8-17)13(19)20)16-14(21)15-11-4-2-1-3-5-11;/h10-11H,1-9H2,(H,19,20)(H2,15,16,18,21);1H. The molecule has 0 bridgehead atoms. The third-order valence-corrected chi connectivity index (χ3v) is 4.18. The van der Waals surface area contributed by atoms with Crippen molar-refractivity contribution >= 4 is 30.3 Å². The molecule has 1 unspecified atom stereocenters. The number of carboxylic acid groups (broad SMARTS) is 1. The first-order chi connectivity index (χ1) is 10.0. The van der Waals surface area contributed by atoms with E-state index in [9.17, 15) is 14.4 Å². The van der Waals surface area contributed by atoms with Gasteiger partial charge in [0.25, 0.3) is 0 Å². The smallest absolute Gasteiger partial charge is 0.321 e. The van der Waals surface area contributed by atoms with Crippen molar-refractivity contribution in [3.05, 3.63) is 0 Å². The van der Waals surface area contributed by atoms with Crippen molar-refractivity contribution in [2.45, 2.75) is 44.6 Å². The van der Waals surface area contributed by atoms with Gasteiger partial charge in [-0.1, -0.05) is 19.3 Å². The molecule has 3 amide bonds. The summed E-state index contributed by atoms with van der Waals surface area (Å²) >= 11 is 0. The molecular weight excluding hydrogens is 310 g/mol. The molecule has 0 radical (unpaired) electrons. The summed E-state index contributed by atoms with van der Waals surface area (Å²) in [5, 5.41) is 14.0. The molecule has 1 saturated heterocycles. The number of halogens is 1. The number of hydrogen-bond acceptors (Lipinski definition) is 4. The van der Waals surface area contributed by atoms with Gasteiger partial charge in [-0.15, -0.1) is 12.4 Å². The highest BCUT2D eigenvalue weighted by Crippen LogP contribution is 2.17. The highest BCUT2D eigenvalue weighted by Gasteiger charge is 2.29. The largest absolute Gasteiger partial charge is 0.481 e. The van der Waals surface area contributed by atoms with Crippen LogP contribution in [0.25, 0.3) is 0 Å². The molecule has 0 aromatic rings. The Balaban J connectivity index is 0.00000242. The van der Waals surface area contributed by atoms with Crippen molar-refractivity contribution in [2.24, 2.45) is 5.92 Å². The van der Waals surface area contributed by atoms with Crippen LogP contribution in [0.5, 0.6) is 0 Å². The molecular formula is C14H24ClN3O4. The number of carbonyl (C=O) groups is 3. The molecule has 7 nitrogen and oxygen atoms in total. The molecule has 1 heterocycles. The zero-order valence-electron chi connectivity index (χ0n) is 12.5. The minimum absolute atomic E-state index is 0. The fraction of sp³-hybridized carbons (Fsp3) is 0.786. The predicted octanol–water partition coefficient (Wildman–Crippen LogP) is 0.973. The van der Waals surface area contributed by atoms with Gasteiger partial charge in [0.15, 0.2) is 0 Å². The summed E-state index contributed by atoms with van der Waals surface area (Å²) in [6.07, 6.45) is 5.92. The van der Waals surface area contributed by atoms with Crippen LogP contribution in [0.2, 0.25) is 0 Å². The van der Waals surface area contributed by atoms with Crippen LogP contribution >= 0.6 is 12.4 Å². The SMILES string of the molecule is Cl.O=C(CN1CCC(C(=O)O)C1)NC(=O)NC1CCCCC1. The summed E-state index contributed by atoms with van der Waals surface area (Å²) in [7, 11) is 0. The second kappa shape index (κ2) is 8.95. The van der Waals surface area contributed by atoms with Gasteiger partial charge >= 0.3 is 12.0 Å². The van der Waals surface area contributed by atoms with Crippen molar-refractivity contribution < 1.29 is 19.5 Å². The molecule has 0 spiro atoms. The average Bonchev–Trinajstić information content (AvgIpc) is 2.88. The summed E-state index contributed by atoms with van der Waals surface area (Å²) in [4.78, 5) is 36.1. The Bertz CT molecular complexity index is 413. The highest BCUT2D eigenvalue weighted by molar-refractivity contribution is 5.95. The number of hydrogen-bond donors (Lipinski definition) is 3. The number of aliphatic carboxylic acids is 1. The third-order valence-electron chi connectivity index (χ3n) is 4.18. The Hall–Kier alpha value is -1.34. The summed E-state index contributed by atoms with van der Waals surface area (Å²) in [5.41, 5.74) is 0. The number of rotatable bonds is 4. The van der Waals surface area contributed by atoms with Crippen LogP contribution in [0.15, 0.2) is 0 Å². The number of likely N-dealkylation sites (tertiary alicyclic amines) is 1. The van der Waals surface area contributed by atoms with Crippen LogP contribution in [-0.2, 0) is 9.59 Å². The molecule has 1 atom stereocenters. The van der Waals surface area contributed by atoms with Crippen molar-refractivity contribution in [1.82, 2.24) is 15.5 Å². The average molecular weight is 334 g/mol. The number of amides is 3. The van der Waals surface area contributed by atoms with E-state index in [-0.39, 0.29) is 30.9 Å². The topological polar surface area (TPSA) is 98.7 Å². The van der Waals surface area contributed by atoms with Crippen LogP contribution in [0.1, 0.15) is 38.5 Å². The second-order valence-electron chi connectivity index (χ2n) is 5.92. The second-order valence-corrected chi connectivity index (χ2v) is 5.92. The van der Waals surface area contributed by atoms with Gasteiger partial charge in [0, 0.05) is 12.6 Å². The lowest BCUT2D eigenvalue weighted by Gasteiger charge is -2.23. The number of nitrogens with zero attached hydrogens (tertiary/aromatic N) is 1. The number of imide groups is 1. The maximum Gasteiger partial charge on any atom is 0.321 e. The Morgan fingerprint density at radius 2 is 1.77 bits per heavy atom. The summed E-state index contributed by atoms with van der Waals surface area (Å²) < 4.78 is 0. The molecule has 0 aromatic carbocycles. The molecule has 0 aromatic heterocycles. The normalized spacial score (nSPS) is 22.6. The maximum atomic E-state index is 11.8. The lowest BCUT2D eigenvalue weighted by molar-refractivity contribution is -0.141. The van der Waals surface area contributed by atoms with Crippen LogP contribution in [0.4, 0.5) is 4.79 Å². The Morgan fingerprint density at radius 3 is 2.36 bits per heavy atom. The van der Waals surface area contributed by atoms with E-state index in [4.69, 9.17) is 5.11 Å². The Morgan fingerprint density at radius 1 is 1.09 bits per heavy atom. The van der Waals surface area contributed by atoms with Crippen molar-refractivity contribution in [2.75, 3.05) is 19.6 Å². The van der Waals surface area contributed by atoms with Gasteiger partial charge in [0.1, 0.15) is 0 Å². The molecule has 2 rings (SSSR count). The van der Waals surface area contributed by atoms with Gasteiger partial charge in [-0.2, -0.15) is 0 Å². The van der Waals surface area contributed by atoms with E-state index < -0.39 is 17.9 Å². The molecule has 1 saturated carbocycles. The van der Waals surface area contributed by atoms with Crippen LogP contribution in [-0.4, -0.2) is 53.6 Å². The van der Waals surface area contributed by atoms with E-state index in [0.717, 1.165) is 25.7 Å². The minimum Gasteiger partial charge on any atom is -0.481 e. The van der Waals surface area contributed by atoms with E-state index in [0.29, 0.717) is 19.5 Å². The fourth-order valence-electron chi connectivity index (χ4n) is 3.02. The van der Waals surface area contributed by atoms with Crippen LogP contribution in [0.3, 0.4) is 0 Å². The van der Waals surface area contributed by atoms with Crippen molar-refractivity contribution in [3.63, 3.8) is 0 Å². The third kappa shape index (κ3) is 5.81. The molecule has 126 valence electrons. The van der Waals surface area contributed by atoms with Gasteiger partial charge in [0.2, 0.25) is 5.91 Å². The molecule has 1 aliphatic carbocycles. The number of urea groups is 1. The first kappa shape index (κ1) is 18.7. The molecule has 2 aliphatic rings. The molecule has 8 heteroatoms. The van der Waals surface area contributed by atoms with E-state index >= 15 is 0 Å². The summed E-state index contributed by atoms with van der Waals surface area (Å²) in [5.74, 6) is -1.61. The predicted molar refractivity (Wildman–Crippen MR) is 83.0 cm³/mol. The van der Waals surface area contributed by atoms with Gasteiger partial charge in [-0.05, 0) is 25.8 Å². The van der Waals surface area contributed by atoms with Gasteiger partial charge in [0.05, 0.1) is 12.5 Å². The number of carboxylic acids is 1. The number of nitrogens with one attached hydrogen (secondary N) is 2. The van der Waals surface area contributed by atoms with E-state index in [1.54, 1.807) is 4.90 Å². The van der Waals surface area contributed by atoms with E-state index in [2.05, 4.69) is 10.6 Å². The summed E-state index contributed by atoms with van der Waals surface area (Å²) in [6, 6.07) is -0.282. The van der Waals surface area contributed by atoms with Crippen molar-refractivity contribution in [1.29, 1.82) is 0 Å². The van der Waals surface area contributed by atoms with Gasteiger partial charge in [-0.25, -0.2) is 4.79 Å². The first-order valence-electron chi connectivity index (χ1n) is 7.60. The molecule has 22 heavy (non-hydrogen) atoms. The lowest BCUT2D eigenvalue weighted by atomic mass is 9.96. The molecule has 1 aliphatic heterocycles. The van der Waals surface area contributed by atoms with Gasteiger partial charge < -0.3 is 10.4 Å². The zero-order valence-corrected chi connectivity index (χ0v) is 13.4. The number of carbonyl (C=O) groups excluding carboxylic acids is 2. The maximum absolute atomic E-state index is 11.8. The highest BCUT2D eigenvalue weighted by atomic mass is 35.5. The minimum atomic E-state index is -0.826. The van der Waals surface area contributed by atoms with Crippen molar-refractivity contribution in [3.8, 4) is 0 Å². The lowest BCUT2D eigenvalue weighted by Crippen LogP contribution is -2.47. The van der Waals surface area contributed by atoms with E-state index in [1.165, 1.54) is 6.42 Å².